The second kappa shape index (κ2) is 7.62. The van der Waals surface area contributed by atoms with Crippen molar-refractivity contribution in [3.8, 4) is 5.88 Å². The monoisotopic (exact) mass is 355 g/mol. The smallest absolute Gasteiger partial charge is 0.282 e. The molecule has 0 aliphatic carbocycles. The van der Waals surface area contributed by atoms with Crippen molar-refractivity contribution in [1.82, 2.24) is 18.6 Å². The van der Waals surface area contributed by atoms with E-state index in [0.717, 1.165) is 25.7 Å². The van der Waals surface area contributed by atoms with Crippen LogP contribution in [0.2, 0.25) is 0 Å². The van der Waals surface area contributed by atoms with Gasteiger partial charge in [-0.2, -0.15) is 22.0 Å². The Labute approximate surface area is 143 Å². The van der Waals surface area contributed by atoms with E-state index >= 15 is 0 Å². The van der Waals surface area contributed by atoms with Crippen LogP contribution >= 0.6 is 0 Å². The summed E-state index contributed by atoms with van der Waals surface area (Å²) >= 11 is 0. The Morgan fingerprint density at radius 2 is 1.58 bits per heavy atom. The molecule has 2 aliphatic rings. The molecule has 9 heteroatoms. The lowest BCUT2D eigenvalue weighted by atomic mass is 10.2. The molecule has 2 saturated heterocycles. The highest BCUT2D eigenvalue weighted by atomic mass is 32.2. The Hall–Kier alpha value is -1.45. The van der Waals surface area contributed by atoms with Crippen molar-refractivity contribution in [3.63, 3.8) is 0 Å². The molecule has 1 aromatic rings. The number of piperazine rings is 1. The van der Waals surface area contributed by atoms with Crippen LogP contribution in [0.4, 0.5) is 5.95 Å². The molecular weight excluding hydrogens is 330 g/mol. The largest absolute Gasteiger partial charge is 0.481 e. The highest BCUT2D eigenvalue weighted by Gasteiger charge is 2.33. The molecule has 0 unspecified atom stereocenters. The van der Waals surface area contributed by atoms with Crippen molar-refractivity contribution in [3.05, 3.63) is 12.3 Å². The molecule has 0 bridgehead atoms. The molecule has 0 atom stereocenters. The van der Waals surface area contributed by atoms with Crippen molar-refractivity contribution in [1.29, 1.82) is 0 Å². The molecule has 1 aromatic heterocycles. The van der Waals surface area contributed by atoms with Crippen LogP contribution in [-0.4, -0.2) is 73.4 Å². The third-order valence-corrected chi connectivity index (χ3v) is 6.60. The van der Waals surface area contributed by atoms with Crippen molar-refractivity contribution in [2.24, 2.45) is 0 Å². The van der Waals surface area contributed by atoms with Gasteiger partial charge in [-0.1, -0.05) is 12.8 Å². The van der Waals surface area contributed by atoms with Crippen LogP contribution in [-0.2, 0) is 10.2 Å². The molecule has 0 amide bonds. The van der Waals surface area contributed by atoms with Gasteiger partial charge < -0.3 is 9.64 Å². The summed E-state index contributed by atoms with van der Waals surface area (Å²) in [7, 11) is -1.79. The molecule has 3 heterocycles. The molecule has 0 aromatic carbocycles. The Morgan fingerprint density at radius 3 is 2.21 bits per heavy atom. The molecule has 0 saturated carbocycles. The van der Waals surface area contributed by atoms with Gasteiger partial charge in [-0.15, -0.1) is 0 Å². The average molecular weight is 355 g/mol. The van der Waals surface area contributed by atoms with Gasteiger partial charge in [-0.3, -0.25) is 0 Å². The van der Waals surface area contributed by atoms with Gasteiger partial charge in [0, 0.05) is 51.5 Å². The van der Waals surface area contributed by atoms with Crippen LogP contribution in [0.25, 0.3) is 0 Å². The maximum Gasteiger partial charge on any atom is 0.282 e. The van der Waals surface area contributed by atoms with Crippen LogP contribution in [0.5, 0.6) is 5.88 Å². The van der Waals surface area contributed by atoms with Gasteiger partial charge >= 0.3 is 0 Å². The first-order valence-electron chi connectivity index (χ1n) is 8.48. The minimum absolute atomic E-state index is 0.458. The summed E-state index contributed by atoms with van der Waals surface area (Å²) < 4.78 is 34.0. The van der Waals surface area contributed by atoms with Gasteiger partial charge in [-0.05, 0) is 12.8 Å². The second-order valence-electron chi connectivity index (χ2n) is 6.11. The molecular formula is C15H25N5O3S. The Morgan fingerprint density at radius 1 is 0.958 bits per heavy atom. The number of anilines is 1. The summed E-state index contributed by atoms with van der Waals surface area (Å²) in [5, 5.41) is 0. The maximum atomic E-state index is 12.8. The van der Waals surface area contributed by atoms with E-state index in [1.54, 1.807) is 28.0 Å². The first kappa shape index (κ1) is 17.4. The van der Waals surface area contributed by atoms with Gasteiger partial charge in [0.05, 0.1) is 7.11 Å². The molecule has 0 radical (unpaired) electrons. The normalized spacial score (nSPS) is 21.5. The number of hydrogen-bond acceptors (Lipinski definition) is 6. The third kappa shape index (κ3) is 3.79. The van der Waals surface area contributed by atoms with Gasteiger partial charge in [0.1, 0.15) is 0 Å². The van der Waals surface area contributed by atoms with Crippen LogP contribution in [0.15, 0.2) is 12.3 Å². The summed E-state index contributed by atoms with van der Waals surface area (Å²) in [5.41, 5.74) is 0. The zero-order valence-electron chi connectivity index (χ0n) is 14.1. The number of aromatic nitrogens is 2. The molecule has 24 heavy (non-hydrogen) atoms. The Bertz CT molecular complexity index is 638. The number of hydrogen-bond donors (Lipinski definition) is 0. The quantitative estimate of drug-likeness (QED) is 0.792. The van der Waals surface area contributed by atoms with E-state index in [-0.39, 0.29) is 0 Å². The second-order valence-corrected chi connectivity index (χ2v) is 8.03. The van der Waals surface area contributed by atoms with E-state index in [1.807, 2.05) is 4.90 Å². The lowest BCUT2D eigenvalue weighted by Gasteiger charge is -2.36. The van der Waals surface area contributed by atoms with Crippen molar-refractivity contribution < 1.29 is 13.2 Å². The lowest BCUT2D eigenvalue weighted by Crippen LogP contribution is -2.53. The standard InChI is InChI=1S/C15H25N5O3S/c1-23-14-6-7-16-15(17-14)18-10-12-20(13-11-18)24(21,22)19-8-4-2-3-5-9-19/h6-7H,2-5,8-13H2,1H3. The summed E-state index contributed by atoms with van der Waals surface area (Å²) in [6.07, 6.45) is 5.80. The molecule has 8 nitrogen and oxygen atoms in total. The summed E-state index contributed by atoms with van der Waals surface area (Å²) in [5.74, 6) is 1.10. The molecule has 0 N–H and O–H groups in total. The predicted molar refractivity (Wildman–Crippen MR) is 91.3 cm³/mol. The van der Waals surface area contributed by atoms with E-state index in [1.165, 1.54) is 0 Å². The zero-order chi connectivity index (χ0) is 17.0. The summed E-state index contributed by atoms with van der Waals surface area (Å²) in [6.45, 7) is 3.36. The van der Waals surface area contributed by atoms with Crippen molar-refractivity contribution in [2.45, 2.75) is 25.7 Å². The topological polar surface area (TPSA) is 78.9 Å². The number of nitrogens with zero attached hydrogens (tertiary/aromatic N) is 5. The van der Waals surface area contributed by atoms with Crippen LogP contribution in [0.1, 0.15) is 25.7 Å². The fraction of sp³-hybridized carbons (Fsp3) is 0.733. The Kier molecular flexibility index (Phi) is 5.52. The van der Waals surface area contributed by atoms with E-state index in [9.17, 15) is 8.42 Å². The highest BCUT2D eigenvalue weighted by Crippen LogP contribution is 2.20. The summed E-state index contributed by atoms with van der Waals surface area (Å²) in [4.78, 5) is 10.6. The number of methoxy groups -OCH3 is 1. The zero-order valence-corrected chi connectivity index (χ0v) is 14.9. The van der Waals surface area contributed by atoms with Gasteiger partial charge in [-0.25, -0.2) is 4.98 Å². The molecule has 2 aliphatic heterocycles. The van der Waals surface area contributed by atoms with Gasteiger partial charge in [0.25, 0.3) is 10.2 Å². The molecule has 0 spiro atoms. The number of ether oxygens (including phenoxy) is 1. The van der Waals surface area contributed by atoms with Crippen LogP contribution in [0.3, 0.4) is 0 Å². The minimum Gasteiger partial charge on any atom is -0.481 e. The average Bonchev–Trinajstić information content (AvgIpc) is 2.92. The Balaban J connectivity index is 1.63. The van der Waals surface area contributed by atoms with E-state index in [2.05, 4.69) is 9.97 Å². The van der Waals surface area contributed by atoms with Gasteiger partial charge in [0.2, 0.25) is 11.8 Å². The lowest BCUT2D eigenvalue weighted by molar-refractivity contribution is 0.326. The van der Waals surface area contributed by atoms with E-state index in [4.69, 9.17) is 4.74 Å². The minimum atomic E-state index is -3.35. The molecule has 2 fully saturated rings. The first-order chi connectivity index (χ1) is 11.6. The van der Waals surface area contributed by atoms with E-state index < -0.39 is 10.2 Å². The van der Waals surface area contributed by atoms with Crippen molar-refractivity contribution >= 4 is 16.2 Å². The van der Waals surface area contributed by atoms with Crippen molar-refractivity contribution in [2.75, 3.05) is 51.3 Å². The highest BCUT2D eigenvalue weighted by molar-refractivity contribution is 7.86. The van der Waals surface area contributed by atoms with E-state index in [0.29, 0.717) is 51.1 Å². The first-order valence-corrected chi connectivity index (χ1v) is 9.88. The maximum absolute atomic E-state index is 12.8. The predicted octanol–water partition coefficient (Wildman–Crippen LogP) is 0.728. The van der Waals surface area contributed by atoms with Crippen LogP contribution < -0.4 is 9.64 Å². The fourth-order valence-electron chi connectivity index (χ4n) is 3.15. The van der Waals surface area contributed by atoms with Crippen LogP contribution in [0, 0.1) is 0 Å². The molecule has 3 rings (SSSR count). The number of rotatable bonds is 4. The SMILES string of the molecule is COc1ccnc(N2CCN(S(=O)(=O)N3CCCCCC3)CC2)n1. The fourth-order valence-corrected chi connectivity index (χ4v) is 4.82. The summed E-state index contributed by atoms with van der Waals surface area (Å²) in [6, 6.07) is 1.70. The third-order valence-electron chi connectivity index (χ3n) is 4.57. The molecule has 134 valence electrons. The van der Waals surface area contributed by atoms with Gasteiger partial charge in [0.15, 0.2) is 0 Å².